The molecule has 1 fully saturated rings. The summed E-state index contributed by atoms with van der Waals surface area (Å²) in [5, 5.41) is 2.91. The number of carbonyl (C=O) groups excluding carboxylic acids is 1. The zero-order chi connectivity index (χ0) is 10.6. The molecule has 14 heavy (non-hydrogen) atoms. The van der Waals surface area contributed by atoms with E-state index in [1.807, 2.05) is 0 Å². The van der Waals surface area contributed by atoms with Crippen LogP contribution in [0.3, 0.4) is 0 Å². The number of amides is 1. The molecule has 0 aromatic heterocycles. The van der Waals surface area contributed by atoms with Gasteiger partial charge in [0.2, 0.25) is 5.91 Å². The van der Waals surface area contributed by atoms with Gasteiger partial charge in [0.1, 0.15) is 0 Å². The third-order valence-corrected chi connectivity index (χ3v) is 2.33. The summed E-state index contributed by atoms with van der Waals surface area (Å²) in [5.74, 6) is 0.513. The molecule has 4 nitrogen and oxygen atoms in total. The van der Waals surface area contributed by atoms with Gasteiger partial charge in [0, 0.05) is 6.61 Å². The van der Waals surface area contributed by atoms with Crippen LogP contribution < -0.4 is 11.1 Å². The highest BCUT2D eigenvalue weighted by Crippen LogP contribution is 2.07. The molecule has 3 N–H and O–H groups in total. The Kier molecular flexibility index (Phi) is 4.35. The molecule has 1 aliphatic rings. The number of ether oxygens (including phenoxy) is 1. The van der Waals surface area contributed by atoms with Gasteiger partial charge in [0.25, 0.3) is 0 Å². The summed E-state index contributed by atoms with van der Waals surface area (Å²) in [7, 11) is 0. The first-order valence-corrected chi connectivity index (χ1v) is 5.23. The maximum Gasteiger partial charge on any atom is 0.237 e. The summed E-state index contributed by atoms with van der Waals surface area (Å²) in [6.07, 6.45) is 1.55. The average Bonchev–Trinajstić information content (AvgIpc) is 2.08. The monoisotopic (exact) mass is 200 g/mol. The van der Waals surface area contributed by atoms with Gasteiger partial charge in [-0.1, -0.05) is 13.8 Å². The Morgan fingerprint density at radius 3 is 3.00 bits per heavy atom. The van der Waals surface area contributed by atoms with Crippen molar-refractivity contribution in [3.8, 4) is 0 Å². The second kappa shape index (κ2) is 5.32. The molecule has 4 heteroatoms. The molecular weight excluding hydrogens is 180 g/mol. The summed E-state index contributed by atoms with van der Waals surface area (Å²) < 4.78 is 5.41. The highest BCUT2D eigenvalue weighted by Gasteiger charge is 2.21. The Morgan fingerprint density at radius 1 is 1.64 bits per heavy atom. The first kappa shape index (κ1) is 11.5. The topological polar surface area (TPSA) is 64.3 Å². The van der Waals surface area contributed by atoms with Crippen molar-refractivity contribution in [2.75, 3.05) is 13.2 Å². The summed E-state index contributed by atoms with van der Waals surface area (Å²) in [6, 6.07) is -0.293. The molecule has 0 radical (unpaired) electrons. The minimum Gasteiger partial charge on any atom is -0.379 e. The lowest BCUT2D eigenvalue weighted by Gasteiger charge is -2.25. The minimum atomic E-state index is -0.412. The van der Waals surface area contributed by atoms with Crippen LogP contribution in [-0.4, -0.2) is 31.2 Å². The van der Waals surface area contributed by atoms with E-state index in [1.54, 1.807) is 0 Å². The van der Waals surface area contributed by atoms with E-state index in [2.05, 4.69) is 19.2 Å². The standard InChI is InChI=1S/C10H20N2O2/c1-7(2)5-8-6-14-4-3-9(11)10(13)12-8/h7-9H,3-6,11H2,1-2H3,(H,12,13). The lowest BCUT2D eigenvalue weighted by Crippen LogP contribution is -2.49. The Morgan fingerprint density at radius 2 is 2.36 bits per heavy atom. The van der Waals surface area contributed by atoms with Gasteiger partial charge in [0.15, 0.2) is 0 Å². The third kappa shape index (κ3) is 3.64. The van der Waals surface area contributed by atoms with Crippen LogP contribution in [0.25, 0.3) is 0 Å². The number of carbonyl (C=O) groups is 1. The smallest absolute Gasteiger partial charge is 0.237 e. The van der Waals surface area contributed by atoms with Gasteiger partial charge >= 0.3 is 0 Å². The van der Waals surface area contributed by atoms with Crippen LogP contribution in [0, 0.1) is 5.92 Å². The fourth-order valence-electron chi connectivity index (χ4n) is 1.61. The zero-order valence-electron chi connectivity index (χ0n) is 8.95. The first-order valence-electron chi connectivity index (χ1n) is 5.23. The molecule has 0 aliphatic carbocycles. The van der Waals surface area contributed by atoms with E-state index in [0.29, 0.717) is 25.6 Å². The van der Waals surface area contributed by atoms with Crippen LogP contribution in [-0.2, 0) is 9.53 Å². The van der Waals surface area contributed by atoms with Gasteiger partial charge in [-0.2, -0.15) is 0 Å². The quantitative estimate of drug-likeness (QED) is 0.672. The van der Waals surface area contributed by atoms with Crippen molar-refractivity contribution < 1.29 is 9.53 Å². The number of rotatable bonds is 2. The van der Waals surface area contributed by atoms with Crippen LogP contribution >= 0.6 is 0 Å². The molecule has 1 saturated heterocycles. The molecule has 0 aromatic carbocycles. The predicted molar refractivity (Wildman–Crippen MR) is 54.8 cm³/mol. The summed E-state index contributed by atoms with van der Waals surface area (Å²) in [5.41, 5.74) is 5.65. The van der Waals surface area contributed by atoms with Gasteiger partial charge < -0.3 is 15.8 Å². The Bertz CT molecular complexity index is 195. The maximum atomic E-state index is 11.5. The molecule has 1 amide bonds. The lowest BCUT2D eigenvalue weighted by molar-refractivity contribution is -0.125. The van der Waals surface area contributed by atoms with E-state index in [9.17, 15) is 4.79 Å². The van der Waals surface area contributed by atoms with E-state index < -0.39 is 6.04 Å². The van der Waals surface area contributed by atoms with Crippen molar-refractivity contribution in [1.29, 1.82) is 0 Å². The fraction of sp³-hybridized carbons (Fsp3) is 0.900. The van der Waals surface area contributed by atoms with E-state index in [0.717, 1.165) is 6.42 Å². The number of hydrogen-bond acceptors (Lipinski definition) is 3. The van der Waals surface area contributed by atoms with Crippen molar-refractivity contribution in [3.05, 3.63) is 0 Å². The highest BCUT2D eigenvalue weighted by atomic mass is 16.5. The van der Waals surface area contributed by atoms with Crippen molar-refractivity contribution in [3.63, 3.8) is 0 Å². The van der Waals surface area contributed by atoms with Gasteiger partial charge in [-0.15, -0.1) is 0 Å². The Hall–Kier alpha value is -0.610. The van der Waals surface area contributed by atoms with E-state index in [-0.39, 0.29) is 11.9 Å². The second-order valence-corrected chi connectivity index (χ2v) is 4.31. The molecule has 0 saturated carbocycles. The van der Waals surface area contributed by atoms with Crippen LogP contribution in [0.5, 0.6) is 0 Å². The molecular formula is C10H20N2O2. The molecule has 1 heterocycles. The molecule has 0 bridgehead atoms. The lowest BCUT2D eigenvalue weighted by atomic mass is 10.0. The van der Waals surface area contributed by atoms with Gasteiger partial charge in [-0.25, -0.2) is 0 Å². The van der Waals surface area contributed by atoms with Gasteiger partial charge in [-0.05, 0) is 18.8 Å². The largest absolute Gasteiger partial charge is 0.379 e. The van der Waals surface area contributed by atoms with Crippen molar-refractivity contribution in [2.24, 2.45) is 11.7 Å². The van der Waals surface area contributed by atoms with Crippen molar-refractivity contribution >= 4 is 5.91 Å². The van der Waals surface area contributed by atoms with E-state index in [4.69, 9.17) is 10.5 Å². The summed E-state index contributed by atoms with van der Waals surface area (Å²) >= 11 is 0. The van der Waals surface area contributed by atoms with E-state index >= 15 is 0 Å². The number of nitrogens with one attached hydrogen (secondary N) is 1. The number of hydrogen-bond donors (Lipinski definition) is 2. The predicted octanol–water partition coefficient (Wildman–Crippen LogP) is 0.265. The number of nitrogens with two attached hydrogens (primary N) is 1. The van der Waals surface area contributed by atoms with E-state index in [1.165, 1.54) is 0 Å². The molecule has 2 unspecified atom stereocenters. The SMILES string of the molecule is CC(C)CC1COCCC(N)C(=O)N1. The first-order chi connectivity index (χ1) is 6.59. The second-order valence-electron chi connectivity index (χ2n) is 4.31. The Labute approximate surface area is 85.2 Å². The maximum absolute atomic E-state index is 11.5. The minimum absolute atomic E-state index is 0.0426. The Balaban J connectivity index is 2.46. The summed E-state index contributed by atoms with van der Waals surface area (Å²) in [6.45, 7) is 5.45. The van der Waals surface area contributed by atoms with Crippen LogP contribution in [0.15, 0.2) is 0 Å². The van der Waals surface area contributed by atoms with Crippen molar-refractivity contribution in [1.82, 2.24) is 5.32 Å². The van der Waals surface area contributed by atoms with Gasteiger partial charge in [-0.3, -0.25) is 4.79 Å². The van der Waals surface area contributed by atoms with Gasteiger partial charge in [0.05, 0.1) is 18.7 Å². The normalized spacial score (nSPS) is 29.6. The molecule has 1 aliphatic heterocycles. The van der Waals surface area contributed by atoms with Crippen LogP contribution in [0.4, 0.5) is 0 Å². The molecule has 82 valence electrons. The highest BCUT2D eigenvalue weighted by molar-refractivity contribution is 5.81. The molecule has 1 rings (SSSR count). The van der Waals surface area contributed by atoms with Crippen LogP contribution in [0.1, 0.15) is 26.7 Å². The van der Waals surface area contributed by atoms with Crippen molar-refractivity contribution in [2.45, 2.75) is 38.8 Å². The van der Waals surface area contributed by atoms with Crippen LogP contribution in [0.2, 0.25) is 0 Å². The average molecular weight is 200 g/mol. The third-order valence-electron chi connectivity index (χ3n) is 2.33. The fourth-order valence-corrected chi connectivity index (χ4v) is 1.61. The summed E-state index contributed by atoms with van der Waals surface area (Å²) in [4.78, 5) is 11.5. The molecule has 2 atom stereocenters. The molecule has 0 spiro atoms. The zero-order valence-corrected chi connectivity index (χ0v) is 8.95. The molecule has 0 aromatic rings.